The normalized spacial score (nSPS) is 63.9. The Hall–Kier alpha value is 0. The number of hydrogen-bond donors (Lipinski definition) is 0. The van der Waals surface area contributed by atoms with Crippen LogP contribution in [0.4, 0.5) is 0 Å². The third kappa shape index (κ3) is 0.500. The van der Waals surface area contributed by atoms with Crippen LogP contribution in [0.15, 0.2) is 0 Å². The lowest BCUT2D eigenvalue weighted by Gasteiger charge is -2.28. The summed E-state index contributed by atoms with van der Waals surface area (Å²) in [5.41, 5.74) is 0.327. The van der Waals surface area contributed by atoms with E-state index in [1.54, 1.807) is 0 Å². The first-order valence-corrected chi connectivity index (χ1v) is 4.55. The molecule has 10 heavy (non-hydrogen) atoms. The molecule has 0 heterocycles. The van der Waals surface area contributed by atoms with Crippen molar-refractivity contribution in [1.82, 2.24) is 0 Å². The van der Waals surface area contributed by atoms with E-state index >= 15 is 0 Å². The Morgan fingerprint density at radius 2 is 1.60 bits per heavy atom. The molecule has 2 radical (unpaired) electrons. The molecule has 0 N–H and O–H groups in total. The molecule has 0 nitrogen and oxygen atoms in total. The summed E-state index contributed by atoms with van der Waals surface area (Å²) in [6.07, 6.45) is 7.15. The lowest BCUT2D eigenvalue weighted by Crippen LogP contribution is -2.18. The van der Waals surface area contributed by atoms with Gasteiger partial charge >= 0.3 is 0 Å². The summed E-state index contributed by atoms with van der Waals surface area (Å²) in [7, 11) is 0. The van der Waals surface area contributed by atoms with Crippen molar-refractivity contribution >= 4 is 0 Å². The van der Waals surface area contributed by atoms with Gasteiger partial charge in [-0.1, -0.05) is 0 Å². The van der Waals surface area contributed by atoms with Crippen molar-refractivity contribution in [2.24, 2.45) is 23.2 Å². The highest BCUT2D eigenvalue weighted by molar-refractivity contribution is 5.08. The molecule has 0 aromatic carbocycles. The molecule has 4 atom stereocenters. The van der Waals surface area contributed by atoms with Crippen LogP contribution in [0.5, 0.6) is 0 Å². The van der Waals surface area contributed by atoms with Gasteiger partial charge in [0.1, 0.15) is 0 Å². The quantitative estimate of drug-likeness (QED) is 0.477. The molecule has 0 aliphatic heterocycles. The van der Waals surface area contributed by atoms with Crippen molar-refractivity contribution in [3.63, 3.8) is 0 Å². The second-order valence-corrected chi connectivity index (χ2v) is 4.78. The number of rotatable bonds is 0. The summed E-state index contributed by atoms with van der Waals surface area (Å²) in [4.78, 5) is 0. The lowest BCUT2D eigenvalue weighted by molar-refractivity contribution is 0.250. The predicted octanol–water partition coefficient (Wildman–Crippen LogP) is 2.52. The van der Waals surface area contributed by atoms with Gasteiger partial charge in [0.15, 0.2) is 0 Å². The van der Waals surface area contributed by atoms with Crippen molar-refractivity contribution in [3.05, 3.63) is 6.92 Å². The van der Waals surface area contributed by atoms with Gasteiger partial charge in [-0.15, -0.1) is 0 Å². The Morgan fingerprint density at radius 3 is 2.00 bits per heavy atom. The topological polar surface area (TPSA) is 0 Å². The van der Waals surface area contributed by atoms with Gasteiger partial charge < -0.3 is 0 Å². The van der Waals surface area contributed by atoms with Crippen LogP contribution < -0.4 is 0 Å². The monoisotopic (exact) mass is 134 g/mol. The molecule has 4 rings (SSSR count). The van der Waals surface area contributed by atoms with Crippen LogP contribution in [0.3, 0.4) is 0 Å². The molecule has 0 heteroatoms. The van der Waals surface area contributed by atoms with E-state index in [0.29, 0.717) is 5.41 Å². The summed E-state index contributed by atoms with van der Waals surface area (Å²) in [5.74, 6) is 2.99. The first kappa shape index (κ1) is 5.62. The van der Waals surface area contributed by atoms with Crippen LogP contribution in [-0.2, 0) is 0 Å². The Kier molecular flexibility index (Phi) is 0.810. The highest BCUT2D eigenvalue weighted by atomic mass is 14.6. The van der Waals surface area contributed by atoms with Crippen molar-refractivity contribution < 1.29 is 0 Å². The van der Waals surface area contributed by atoms with E-state index in [2.05, 4.69) is 0 Å². The molecular weight excluding hydrogens is 120 g/mol. The second-order valence-electron chi connectivity index (χ2n) is 4.78. The predicted molar refractivity (Wildman–Crippen MR) is 40.3 cm³/mol. The van der Waals surface area contributed by atoms with Crippen molar-refractivity contribution in [3.8, 4) is 0 Å². The van der Waals surface area contributed by atoms with Gasteiger partial charge in [-0.2, -0.15) is 0 Å². The van der Waals surface area contributed by atoms with Crippen LogP contribution in [0.2, 0.25) is 0 Å². The Morgan fingerprint density at radius 1 is 1.00 bits per heavy atom. The Labute approximate surface area is 63.0 Å². The summed E-state index contributed by atoms with van der Waals surface area (Å²) in [5, 5.41) is 0. The molecule has 0 aromatic heterocycles. The van der Waals surface area contributed by atoms with Gasteiger partial charge in [0.2, 0.25) is 0 Å². The molecule has 0 spiro atoms. The maximum absolute atomic E-state index is 6.29. The van der Waals surface area contributed by atoms with Gasteiger partial charge in [0.05, 0.1) is 0 Å². The fourth-order valence-electron chi connectivity index (χ4n) is 3.86. The molecule has 4 saturated carbocycles. The smallest absolute Gasteiger partial charge is 0.0229 e. The highest BCUT2D eigenvalue weighted by Crippen LogP contribution is 2.64. The summed E-state index contributed by atoms with van der Waals surface area (Å²) in [6, 6.07) is 0. The van der Waals surface area contributed by atoms with Crippen molar-refractivity contribution in [2.75, 3.05) is 0 Å². The minimum atomic E-state index is 0.327. The zero-order chi connectivity index (χ0) is 6.77. The standard InChI is InChI=1S/C10H14/c1-10-5-7-2-8(6-10)4-9(10)3-7/h1,7-9H,2-6H2/t7-,8+,9?,10?. The van der Waals surface area contributed by atoms with E-state index in [1.807, 2.05) is 0 Å². The SMILES string of the molecule is [CH]C12C[C@@H]3CC1C[C@@H](C3)C2. The van der Waals surface area contributed by atoms with Gasteiger partial charge in [-0.05, 0) is 62.2 Å². The van der Waals surface area contributed by atoms with Gasteiger partial charge in [-0.25, -0.2) is 0 Å². The van der Waals surface area contributed by atoms with Crippen LogP contribution in [0.25, 0.3) is 0 Å². The largest absolute Gasteiger partial charge is 0.0475 e. The summed E-state index contributed by atoms with van der Waals surface area (Å²) >= 11 is 0. The molecule has 4 aliphatic rings. The van der Waals surface area contributed by atoms with Gasteiger partial charge in [0, 0.05) is 0 Å². The second kappa shape index (κ2) is 1.44. The Balaban J connectivity index is 2.04. The minimum absolute atomic E-state index is 0.327. The van der Waals surface area contributed by atoms with Crippen LogP contribution in [0.1, 0.15) is 32.1 Å². The van der Waals surface area contributed by atoms with Crippen LogP contribution in [-0.4, -0.2) is 0 Å². The van der Waals surface area contributed by atoms with E-state index in [9.17, 15) is 0 Å². The molecule has 2 unspecified atom stereocenters. The summed E-state index contributed by atoms with van der Waals surface area (Å²) in [6.45, 7) is 6.29. The molecule has 0 saturated heterocycles. The molecule has 4 fully saturated rings. The average Bonchev–Trinajstić information content (AvgIpc) is 2.14. The van der Waals surface area contributed by atoms with Crippen LogP contribution >= 0.6 is 0 Å². The molecule has 0 amide bonds. The van der Waals surface area contributed by atoms with Crippen molar-refractivity contribution in [2.45, 2.75) is 32.1 Å². The Bertz CT molecular complexity index is 157. The van der Waals surface area contributed by atoms with E-state index in [0.717, 1.165) is 17.8 Å². The van der Waals surface area contributed by atoms with E-state index < -0.39 is 0 Å². The minimum Gasteiger partial charge on any atom is -0.0475 e. The lowest BCUT2D eigenvalue weighted by atomic mass is 9.77. The zero-order valence-electron chi connectivity index (χ0n) is 6.34. The van der Waals surface area contributed by atoms with E-state index in [4.69, 9.17) is 6.92 Å². The average molecular weight is 134 g/mol. The van der Waals surface area contributed by atoms with E-state index in [1.165, 1.54) is 32.1 Å². The molecule has 4 aliphatic carbocycles. The van der Waals surface area contributed by atoms with Gasteiger partial charge in [-0.3, -0.25) is 0 Å². The molecular formula is C10H14. The summed E-state index contributed by atoms with van der Waals surface area (Å²) < 4.78 is 0. The fraction of sp³-hybridized carbons (Fsp3) is 0.900. The first-order chi connectivity index (χ1) is 4.76. The number of hydrogen-bond acceptors (Lipinski definition) is 0. The molecule has 4 bridgehead atoms. The third-order valence-corrected chi connectivity index (χ3v) is 4.05. The van der Waals surface area contributed by atoms with Crippen LogP contribution in [0, 0.1) is 30.1 Å². The third-order valence-electron chi connectivity index (χ3n) is 4.05. The van der Waals surface area contributed by atoms with Crippen molar-refractivity contribution in [1.29, 1.82) is 0 Å². The maximum Gasteiger partial charge on any atom is -0.0229 e. The fourth-order valence-corrected chi connectivity index (χ4v) is 3.86. The first-order valence-electron chi connectivity index (χ1n) is 4.55. The van der Waals surface area contributed by atoms with E-state index in [-0.39, 0.29) is 0 Å². The highest BCUT2D eigenvalue weighted by Gasteiger charge is 2.54. The zero-order valence-corrected chi connectivity index (χ0v) is 6.34. The molecule has 0 aromatic rings. The van der Waals surface area contributed by atoms with Gasteiger partial charge in [0.25, 0.3) is 0 Å². The molecule has 54 valence electrons. The maximum atomic E-state index is 6.29.